The minimum Gasteiger partial charge on any atom is -0.494 e. The van der Waals surface area contributed by atoms with Gasteiger partial charge in [0, 0.05) is 6.61 Å². The number of rotatable bonds is 7. The molecule has 1 aliphatic rings. The first kappa shape index (κ1) is 18.6. The Morgan fingerprint density at radius 2 is 2.25 bits per heavy atom. The van der Waals surface area contributed by atoms with Gasteiger partial charge in [0.05, 0.1) is 30.8 Å². The zero-order chi connectivity index (χ0) is 17.7. The summed E-state index contributed by atoms with van der Waals surface area (Å²) in [6.07, 6.45) is -0.165. The highest BCUT2D eigenvalue weighted by Crippen LogP contribution is 2.22. The van der Waals surface area contributed by atoms with Crippen LogP contribution >= 0.6 is 0 Å². The highest BCUT2D eigenvalue weighted by atomic mass is 32.2. The van der Waals surface area contributed by atoms with Crippen molar-refractivity contribution in [2.75, 3.05) is 26.9 Å². The number of primary amides is 1. The van der Waals surface area contributed by atoms with Crippen LogP contribution in [0, 0.1) is 5.82 Å². The predicted octanol–water partition coefficient (Wildman–Crippen LogP) is -0.228. The van der Waals surface area contributed by atoms with E-state index < -0.39 is 33.9 Å². The van der Waals surface area contributed by atoms with E-state index in [0.29, 0.717) is 13.0 Å². The molecule has 8 nitrogen and oxygen atoms in total. The molecule has 1 heterocycles. The second-order valence-electron chi connectivity index (χ2n) is 5.20. The number of amides is 1. The van der Waals surface area contributed by atoms with Crippen LogP contribution in [0.1, 0.15) is 6.42 Å². The third kappa shape index (κ3) is 4.63. The second kappa shape index (κ2) is 7.88. The molecule has 134 valence electrons. The molecule has 2 rings (SSSR count). The number of halogens is 1. The Morgan fingerprint density at radius 1 is 1.50 bits per heavy atom. The fraction of sp³-hybridized carbons (Fsp3) is 0.500. The number of hydrogen-bond acceptors (Lipinski definition) is 6. The third-order valence-electron chi connectivity index (χ3n) is 3.47. The quantitative estimate of drug-likeness (QED) is 0.692. The normalized spacial score (nSPS) is 21.4. The van der Waals surface area contributed by atoms with E-state index in [9.17, 15) is 17.6 Å². The molecule has 1 saturated heterocycles. The molecule has 0 radical (unpaired) electrons. The highest BCUT2D eigenvalue weighted by molar-refractivity contribution is 7.89. The average molecular weight is 362 g/mol. The van der Waals surface area contributed by atoms with Crippen LogP contribution in [-0.2, 0) is 24.3 Å². The number of carbonyl (C=O) groups is 1. The molecule has 2 atom stereocenters. The monoisotopic (exact) mass is 362 g/mol. The molecule has 1 aromatic carbocycles. The zero-order valence-electron chi connectivity index (χ0n) is 13.0. The lowest BCUT2D eigenvalue weighted by atomic mass is 10.1. The topological polar surface area (TPSA) is 117 Å². The number of ether oxygens (including phenoxy) is 3. The van der Waals surface area contributed by atoms with Gasteiger partial charge in [0.1, 0.15) is 6.61 Å². The van der Waals surface area contributed by atoms with Gasteiger partial charge in [-0.05, 0) is 24.6 Å². The van der Waals surface area contributed by atoms with Gasteiger partial charge in [-0.25, -0.2) is 17.5 Å². The molecule has 0 aromatic heterocycles. The van der Waals surface area contributed by atoms with E-state index in [1.807, 2.05) is 0 Å². The van der Waals surface area contributed by atoms with Crippen LogP contribution in [0.25, 0.3) is 0 Å². The van der Waals surface area contributed by atoms with Crippen molar-refractivity contribution in [3.8, 4) is 5.75 Å². The molecular formula is C14H19FN2O6S. The number of nitrogens with two attached hydrogens (primary N) is 1. The van der Waals surface area contributed by atoms with Gasteiger partial charge in [-0.3, -0.25) is 4.79 Å². The van der Waals surface area contributed by atoms with E-state index in [1.165, 1.54) is 19.2 Å². The lowest BCUT2D eigenvalue weighted by Crippen LogP contribution is -2.51. The van der Waals surface area contributed by atoms with Crippen molar-refractivity contribution in [3.63, 3.8) is 0 Å². The molecule has 24 heavy (non-hydrogen) atoms. The third-order valence-corrected chi connectivity index (χ3v) is 4.96. The van der Waals surface area contributed by atoms with E-state index in [2.05, 4.69) is 4.72 Å². The van der Waals surface area contributed by atoms with Crippen molar-refractivity contribution in [2.24, 2.45) is 5.73 Å². The van der Waals surface area contributed by atoms with Crippen molar-refractivity contribution in [2.45, 2.75) is 23.5 Å². The summed E-state index contributed by atoms with van der Waals surface area (Å²) >= 11 is 0. The Labute approximate surface area is 139 Å². The number of benzene rings is 1. The zero-order valence-corrected chi connectivity index (χ0v) is 13.8. The van der Waals surface area contributed by atoms with Crippen LogP contribution < -0.4 is 15.2 Å². The molecule has 1 fully saturated rings. The van der Waals surface area contributed by atoms with Gasteiger partial charge in [-0.15, -0.1) is 0 Å². The molecule has 1 aliphatic heterocycles. The van der Waals surface area contributed by atoms with Crippen molar-refractivity contribution >= 4 is 15.9 Å². The number of methoxy groups -OCH3 is 1. The maximum Gasteiger partial charge on any atom is 0.243 e. The summed E-state index contributed by atoms with van der Waals surface area (Å²) in [5.41, 5.74) is 5.03. The Bertz CT molecular complexity index is 697. The van der Waals surface area contributed by atoms with Crippen LogP contribution in [0.5, 0.6) is 5.75 Å². The van der Waals surface area contributed by atoms with E-state index in [-0.39, 0.29) is 23.9 Å². The summed E-state index contributed by atoms with van der Waals surface area (Å²) in [6.45, 7) is 0.125. The maximum absolute atomic E-state index is 13.7. The van der Waals surface area contributed by atoms with E-state index in [4.69, 9.17) is 19.9 Å². The van der Waals surface area contributed by atoms with Crippen LogP contribution in [0.4, 0.5) is 4.39 Å². The standard InChI is InChI=1S/C14H19FN2O6S/c1-21-12-3-2-9(6-10(12)15)24(19,20)17-11-7-22-5-4-13(11)23-8-14(16)18/h2-3,6,11,13,17H,4-5,7-8H2,1H3,(H2,16,18)/t11-,13+/m1/s1. The SMILES string of the molecule is COc1ccc(S(=O)(=O)N[C@@H]2COCC[C@@H]2OCC(N)=O)cc1F. The number of carbonyl (C=O) groups excluding carboxylic acids is 1. The molecule has 0 unspecified atom stereocenters. The minimum absolute atomic E-state index is 0.0578. The van der Waals surface area contributed by atoms with Crippen LogP contribution in [0.3, 0.4) is 0 Å². The van der Waals surface area contributed by atoms with Crippen molar-refractivity contribution in [1.82, 2.24) is 4.72 Å². The van der Waals surface area contributed by atoms with Crippen LogP contribution in [0.2, 0.25) is 0 Å². The predicted molar refractivity (Wildman–Crippen MR) is 81.4 cm³/mol. The highest BCUT2D eigenvalue weighted by Gasteiger charge is 2.31. The first-order valence-corrected chi connectivity index (χ1v) is 8.65. The first-order valence-electron chi connectivity index (χ1n) is 7.17. The molecule has 0 saturated carbocycles. The minimum atomic E-state index is -4.00. The Hall–Kier alpha value is -1.75. The fourth-order valence-corrected chi connectivity index (χ4v) is 3.56. The van der Waals surface area contributed by atoms with E-state index >= 15 is 0 Å². The van der Waals surface area contributed by atoms with Gasteiger partial charge < -0.3 is 19.9 Å². The summed E-state index contributed by atoms with van der Waals surface area (Å²) in [4.78, 5) is 10.6. The van der Waals surface area contributed by atoms with Crippen LogP contribution in [-0.4, -0.2) is 53.4 Å². The number of hydrogen-bond donors (Lipinski definition) is 2. The summed E-state index contributed by atoms with van der Waals surface area (Å²) in [7, 11) is -2.72. The summed E-state index contributed by atoms with van der Waals surface area (Å²) in [5, 5.41) is 0. The molecule has 1 aromatic rings. The van der Waals surface area contributed by atoms with Gasteiger partial charge in [-0.2, -0.15) is 0 Å². The van der Waals surface area contributed by atoms with Gasteiger partial charge in [0.2, 0.25) is 15.9 Å². The first-order chi connectivity index (χ1) is 11.3. The molecule has 1 amide bonds. The lowest BCUT2D eigenvalue weighted by Gasteiger charge is -2.31. The molecule has 10 heteroatoms. The lowest BCUT2D eigenvalue weighted by molar-refractivity contribution is -0.127. The van der Waals surface area contributed by atoms with E-state index in [0.717, 1.165) is 6.07 Å². The summed E-state index contributed by atoms with van der Waals surface area (Å²) in [6, 6.07) is 2.60. The molecule has 0 spiro atoms. The molecule has 0 aliphatic carbocycles. The van der Waals surface area contributed by atoms with Gasteiger partial charge >= 0.3 is 0 Å². The largest absolute Gasteiger partial charge is 0.494 e. The summed E-state index contributed by atoms with van der Waals surface area (Å²) < 4.78 is 56.3. The van der Waals surface area contributed by atoms with E-state index in [1.54, 1.807) is 0 Å². The Morgan fingerprint density at radius 3 is 2.88 bits per heavy atom. The van der Waals surface area contributed by atoms with Crippen LogP contribution in [0.15, 0.2) is 23.1 Å². The molecule has 0 bridgehead atoms. The Kier molecular flexibility index (Phi) is 6.10. The van der Waals surface area contributed by atoms with Crippen molar-refractivity contribution in [3.05, 3.63) is 24.0 Å². The van der Waals surface area contributed by atoms with Crippen molar-refractivity contribution < 1.29 is 31.8 Å². The number of nitrogens with one attached hydrogen (secondary N) is 1. The smallest absolute Gasteiger partial charge is 0.243 e. The maximum atomic E-state index is 13.7. The van der Waals surface area contributed by atoms with Gasteiger partial charge in [0.15, 0.2) is 11.6 Å². The summed E-state index contributed by atoms with van der Waals surface area (Å²) in [5.74, 6) is -1.50. The average Bonchev–Trinajstić information content (AvgIpc) is 2.53. The molecular weight excluding hydrogens is 343 g/mol. The van der Waals surface area contributed by atoms with Gasteiger partial charge in [0.25, 0.3) is 0 Å². The Balaban J connectivity index is 2.13. The fourth-order valence-electron chi connectivity index (χ4n) is 2.30. The second-order valence-corrected chi connectivity index (χ2v) is 6.92. The molecule has 3 N–H and O–H groups in total. The van der Waals surface area contributed by atoms with Gasteiger partial charge in [-0.1, -0.05) is 0 Å². The number of sulfonamides is 1. The van der Waals surface area contributed by atoms with Crippen molar-refractivity contribution in [1.29, 1.82) is 0 Å².